The molecule has 0 aromatic heterocycles. The quantitative estimate of drug-likeness (QED) is 0.706. The molecule has 2 amide bonds. The van der Waals surface area contributed by atoms with Crippen molar-refractivity contribution in [3.05, 3.63) is 35.6 Å². The van der Waals surface area contributed by atoms with Gasteiger partial charge in [-0.25, -0.2) is 4.39 Å². The maximum atomic E-state index is 12.9. The van der Waals surface area contributed by atoms with Gasteiger partial charge in [0.2, 0.25) is 11.8 Å². The van der Waals surface area contributed by atoms with Crippen LogP contribution < -0.4 is 5.32 Å². The second-order valence-electron chi connectivity index (χ2n) is 3.56. The minimum Gasteiger partial charge on any atom is -0.296 e. The van der Waals surface area contributed by atoms with Gasteiger partial charge in [-0.2, -0.15) is 0 Å². The van der Waals surface area contributed by atoms with Gasteiger partial charge in [-0.05, 0) is 24.1 Å². The Kier molecular flexibility index (Phi) is 2.49. The van der Waals surface area contributed by atoms with Gasteiger partial charge in [-0.3, -0.25) is 14.9 Å². The van der Waals surface area contributed by atoms with Crippen molar-refractivity contribution in [2.75, 3.05) is 0 Å². The molecule has 0 bridgehead atoms. The third-order valence-electron chi connectivity index (χ3n) is 2.49. The Morgan fingerprint density at radius 1 is 1.33 bits per heavy atom. The van der Waals surface area contributed by atoms with Gasteiger partial charge in [0.25, 0.3) is 0 Å². The van der Waals surface area contributed by atoms with E-state index in [4.69, 9.17) is 0 Å². The van der Waals surface area contributed by atoms with Crippen LogP contribution in [0.2, 0.25) is 0 Å². The molecule has 1 N–H and O–H groups in total. The Labute approximate surface area is 86.3 Å². The summed E-state index contributed by atoms with van der Waals surface area (Å²) in [5.41, 5.74) is 0.625. The molecule has 0 spiro atoms. The third kappa shape index (κ3) is 2.03. The standard InChI is InChI=1S/C11H10FNO2/c12-8-3-1-2-7(6-8)9-4-5-10(14)13-11(9)15/h1-3,6,9H,4-5H2,(H,13,14,15). The number of piperidine rings is 1. The zero-order valence-corrected chi connectivity index (χ0v) is 8.00. The van der Waals surface area contributed by atoms with Crippen LogP contribution in [0.15, 0.2) is 24.3 Å². The second-order valence-corrected chi connectivity index (χ2v) is 3.56. The van der Waals surface area contributed by atoms with Crippen LogP contribution in [0.1, 0.15) is 24.3 Å². The molecule has 1 aliphatic rings. The highest BCUT2D eigenvalue weighted by atomic mass is 19.1. The fourth-order valence-electron chi connectivity index (χ4n) is 1.73. The molecule has 78 valence electrons. The van der Waals surface area contributed by atoms with Gasteiger partial charge in [-0.15, -0.1) is 0 Å². The molecule has 1 heterocycles. The molecule has 2 rings (SSSR count). The SMILES string of the molecule is O=C1CCC(c2cccc(F)c2)C(=O)N1. The van der Waals surface area contributed by atoms with Gasteiger partial charge < -0.3 is 0 Å². The van der Waals surface area contributed by atoms with Crippen molar-refractivity contribution in [3.63, 3.8) is 0 Å². The van der Waals surface area contributed by atoms with E-state index >= 15 is 0 Å². The topological polar surface area (TPSA) is 46.2 Å². The largest absolute Gasteiger partial charge is 0.296 e. The minimum absolute atomic E-state index is 0.257. The molecule has 15 heavy (non-hydrogen) atoms. The molecule has 1 aromatic rings. The zero-order chi connectivity index (χ0) is 10.8. The van der Waals surface area contributed by atoms with Crippen LogP contribution in [0.5, 0.6) is 0 Å². The Morgan fingerprint density at radius 3 is 2.80 bits per heavy atom. The molecule has 4 heteroatoms. The van der Waals surface area contributed by atoms with Crippen molar-refractivity contribution in [2.24, 2.45) is 0 Å². The molecule has 0 radical (unpaired) electrons. The van der Waals surface area contributed by atoms with Crippen LogP contribution >= 0.6 is 0 Å². The summed E-state index contributed by atoms with van der Waals surface area (Å²) < 4.78 is 12.9. The lowest BCUT2D eigenvalue weighted by Gasteiger charge is -2.20. The smallest absolute Gasteiger partial charge is 0.234 e. The number of carbonyl (C=O) groups is 2. The van der Waals surface area contributed by atoms with Crippen LogP contribution in [0.3, 0.4) is 0 Å². The number of halogens is 1. The van der Waals surface area contributed by atoms with E-state index < -0.39 is 5.92 Å². The maximum Gasteiger partial charge on any atom is 0.234 e. The summed E-state index contributed by atoms with van der Waals surface area (Å²) in [7, 11) is 0. The fourth-order valence-corrected chi connectivity index (χ4v) is 1.73. The van der Waals surface area contributed by atoms with Gasteiger partial charge >= 0.3 is 0 Å². The molecule has 1 fully saturated rings. The minimum atomic E-state index is -0.404. The first-order chi connectivity index (χ1) is 7.16. The number of benzene rings is 1. The van der Waals surface area contributed by atoms with Crippen molar-refractivity contribution in [2.45, 2.75) is 18.8 Å². The van der Waals surface area contributed by atoms with E-state index in [1.807, 2.05) is 0 Å². The second kappa shape index (κ2) is 3.81. The van der Waals surface area contributed by atoms with Crippen molar-refractivity contribution < 1.29 is 14.0 Å². The number of carbonyl (C=O) groups excluding carboxylic acids is 2. The molecule has 1 aliphatic heterocycles. The average molecular weight is 207 g/mol. The van der Waals surface area contributed by atoms with Crippen molar-refractivity contribution >= 4 is 11.8 Å². The number of imide groups is 1. The predicted octanol–water partition coefficient (Wildman–Crippen LogP) is 1.35. The first-order valence-electron chi connectivity index (χ1n) is 4.76. The third-order valence-corrected chi connectivity index (χ3v) is 2.49. The van der Waals surface area contributed by atoms with E-state index in [0.717, 1.165) is 0 Å². The molecule has 0 saturated carbocycles. The van der Waals surface area contributed by atoms with Gasteiger partial charge in [0.1, 0.15) is 5.82 Å². The van der Waals surface area contributed by atoms with Crippen molar-refractivity contribution in [1.82, 2.24) is 5.32 Å². The maximum absolute atomic E-state index is 12.9. The Morgan fingerprint density at radius 2 is 2.13 bits per heavy atom. The monoisotopic (exact) mass is 207 g/mol. The predicted molar refractivity (Wildman–Crippen MR) is 51.5 cm³/mol. The molecule has 0 aliphatic carbocycles. The summed E-state index contributed by atoms with van der Waals surface area (Å²) in [5, 5.41) is 2.25. The highest BCUT2D eigenvalue weighted by molar-refractivity contribution is 6.00. The first-order valence-corrected chi connectivity index (χ1v) is 4.76. The Bertz CT molecular complexity index is 417. The van der Waals surface area contributed by atoms with E-state index in [0.29, 0.717) is 18.4 Å². The molecule has 3 nitrogen and oxygen atoms in total. The molecule has 1 saturated heterocycles. The molecular formula is C11H10FNO2. The number of hydrogen-bond donors (Lipinski definition) is 1. The normalized spacial score (nSPS) is 21.3. The van der Waals surface area contributed by atoms with Gasteiger partial charge in [-0.1, -0.05) is 12.1 Å². The van der Waals surface area contributed by atoms with Gasteiger partial charge in [0.15, 0.2) is 0 Å². The summed E-state index contributed by atoms with van der Waals surface area (Å²) >= 11 is 0. The van der Waals surface area contributed by atoms with Crippen LogP contribution in [0.4, 0.5) is 4.39 Å². The number of nitrogens with one attached hydrogen (secondary N) is 1. The summed E-state index contributed by atoms with van der Waals surface area (Å²) in [4.78, 5) is 22.4. The molecule has 1 atom stereocenters. The lowest BCUT2D eigenvalue weighted by Crippen LogP contribution is -2.39. The summed E-state index contributed by atoms with van der Waals surface area (Å²) in [6, 6.07) is 5.92. The van der Waals surface area contributed by atoms with E-state index in [9.17, 15) is 14.0 Å². The van der Waals surface area contributed by atoms with E-state index in [1.165, 1.54) is 12.1 Å². The van der Waals surface area contributed by atoms with E-state index in [-0.39, 0.29) is 17.6 Å². The van der Waals surface area contributed by atoms with Gasteiger partial charge in [0.05, 0.1) is 5.92 Å². The average Bonchev–Trinajstić information content (AvgIpc) is 2.17. The van der Waals surface area contributed by atoms with E-state index in [2.05, 4.69) is 5.32 Å². The fraction of sp³-hybridized carbons (Fsp3) is 0.273. The van der Waals surface area contributed by atoms with Crippen LogP contribution in [-0.4, -0.2) is 11.8 Å². The summed E-state index contributed by atoms with van der Waals surface area (Å²) in [5.74, 6) is -1.36. The Hall–Kier alpha value is -1.71. The van der Waals surface area contributed by atoms with E-state index in [1.54, 1.807) is 12.1 Å². The Balaban J connectivity index is 2.24. The van der Waals surface area contributed by atoms with Crippen LogP contribution in [0, 0.1) is 5.82 Å². The molecular weight excluding hydrogens is 197 g/mol. The van der Waals surface area contributed by atoms with Crippen molar-refractivity contribution in [3.8, 4) is 0 Å². The number of amides is 2. The number of hydrogen-bond acceptors (Lipinski definition) is 2. The van der Waals surface area contributed by atoms with Crippen LogP contribution in [-0.2, 0) is 9.59 Å². The zero-order valence-electron chi connectivity index (χ0n) is 8.00. The molecule has 1 unspecified atom stereocenters. The summed E-state index contributed by atoms with van der Waals surface area (Å²) in [6.07, 6.45) is 0.765. The first kappa shape index (κ1) is 9.83. The van der Waals surface area contributed by atoms with Crippen molar-refractivity contribution in [1.29, 1.82) is 0 Å². The summed E-state index contributed by atoms with van der Waals surface area (Å²) in [6.45, 7) is 0. The highest BCUT2D eigenvalue weighted by Crippen LogP contribution is 2.24. The highest BCUT2D eigenvalue weighted by Gasteiger charge is 2.27. The number of rotatable bonds is 1. The van der Waals surface area contributed by atoms with Gasteiger partial charge in [0, 0.05) is 6.42 Å². The lowest BCUT2D eigenvalue weighted by atomic mass is 9.90. The lowest BCUT2D eigenvalue weighted by molar-refractivity contribution is -0.134. The van der Waals surface area contributed by atoms with Crippen LogP contribution in [0.25, 0.3) is 0 Å². The molecule has 1 aromatic carbocycles.